The van der Waals surface area contributed by atoms with Gasteiger partial charge >= 0.3 is 0 Å². The van der Waals surface area contributed by atoms with Crippen molar-refractivity contribution in [2.75, 3.05) is 38.4 Å². The summed E-state index contributed by atoms with van der Waals surface area (Å²) in [6, 6.07) is 17.7. The first-order valence-electron chi connectivity index (χ1n) is 12.2. The van der Waals surface area contributed by atoms with Gasteiger partial charge in [0.1, 0.15) is 12.6 Å². The van der Waals surface area contributed by atoms with Crippen LogP contribution in [-0.4, -0.2) is 65.2 Å². The normalized spacial score (nSPS) is 11.8. The van der Waals surface area contributed by atoms with Crippen molar-refractivity contribution in [1.82, 2.24) is 10.2 Å². The summed E-state index contributed by atoms with van der Waals surface area (Å²) >= 11 is 12.3. The maximum absolute atomic E-state index is 14.0. The lowest BCUT2D eigenvalue weighted by Crippen LogP contribution is -2.52. The predicted molar refractivity (Wildman–Crippen MR) is 157 cm³/mol. The lowest BCUT2D eigenvalue weighted by molar-refractivity contribution is -0.139. The highest BCUT2D eigenvalue weighted by Gasteiger charge is 2.33. The molecule has 0 aliphatic carbocycles. The van der Waals surface area contributed by atoms with Crippen LogP contribution >= 0.6 is 23.2 Å². The zero-order valence-electron chi connectivity index (χ0n) is 22.6. The third-order valence-electron chi connectivity index (χ3n) is 6.19. The average Bonchev–Trinajstić information content (AvgIpc) is 2.94. The van der Waals surface area contributed by atoms with Crippen LogP contribution in [0.2, 0.25) is 10.0 Å². The minimum Gasteiger partial charge on any atom is -0.493 e. The fraction of sp³-hybridized carbons (Fsp3) is 0.286. The Morgan fingerprint density at radius 3 is 2.15 bits per heavy atom. The number of anilines is 1. The van der Waals surface area contributed by atoms with Gasteiger partial charge < -0.3 is 19.7 Å². The minimum atomic E-state index is -3.94. The summed E-state index contributed by atoms with van der Waals surface area (Å²) in [7, 11) is 0.429. The number of hydrogen-bond donors (Lipinski definition) is 1. The highest BCUT2D eigenvalue weighted by Crippen LogP contribution is 2.32. The number of methoxy groups -OCH3 is 2. The Kier molecular flexibility index (Phi) is 10.7. The molecule has 9 nitrogen and oxygen atoms in total. The van der Waals surface area contributed by atoms with E-state index in [-0.39, 0.29) is 23.7 Å². The maximum Gasteiger partial charge on any atom is 0.244 e. The Morgan fingerprint density at radius 2 is 1.57 bits per heavy atom. The number of hydrogen-bond acceptors (Lipinski definition) is 6. The Morgan fingerprint density at radius 1 is 0.900 bits per heavy atom. The lowest BCUT2D eigenvalue weighted by Gasteiger charge is -2.33. The molecule has 0 saturated carbocycles. The highest BCUT2D eigenvalue weighted by molar-refractivity contribution is 7.92. The fourth-order valence-electron chi connectivity index (χ4n) is 4.15. The quantitative estimate of drug-likeness (QED) is 0.331. The van der Waals surface area contributed by atoms with Gasteiger partial charge in [0.15, 0.2) is 11.5 Å². The number of likely N-dealkylation sites (N-methyl/N-ethyl adjacent to an activating group) is 1. The van der Waals surface area contributed by atoms with Crippen molar-refractivity contribution in [3.05, 3.63) is 87.9 Å². The Bertz CT molecular complexity index is 1450. The van der Waals surface area contributed by atoms with Crippen molar-refractivity contribution in [2.45, 2.75) is 19.0 Å². The molecule has 2 amide bonds. The molecule has 3 rings (SSSR count). The molecule has 0 spiro atoms. The number of benzene rings is 3. The molecule has 0 aromatic heterocycles. The summed E-state index contributed by atoms with van der Waals surface area (Å²) in [6.45, 7) is -0.595. The number of ether oxygens (including phenoxy) is 2. The molecule has 3 aromatic rings. The van der Waals surface area contributed by atoms with E-state index in [9.17, 15) is 18.0 Å². The third kappa shape index (κ3) is 7.80. The van der Waals surface area contributed by atoms with Gasteiger partial charge in [0.05, 0.1) is 36.2 Å². The first-order valence-corrected chi connectivity index (χ1v) is 14.8. The van der Waals surface area contributed by atoms with Gasteiger partial charge in [-0.1, -0.05) is 59.6 Å². The molecule has 40 heavy (non-hydrogen) atoms. The zero-order chi connectivity index (χ0) is 29.4. The van der Waals surface area contributed by atoms with Crippen molar-refractivity contribution >= 4 is 50.7 Å². The number of sulfonamides is 1. The molecule has 0 bridgehead atoms. The van der Waals surface area contributed by atoms with Gasteiger partial charge in [0, 0.05) is 26.1 Å². The van der Waals surface area contributed by atoms with E-state index in [0.717, 1.165) is 16.1 Å². The molecule has 0 aliphatic rings. The van der Waals surface area contributed by atoms with Crippen LogP contribution in [0.5, 0.6) is 11.5 Å². The van der Waals surface area contributed by atoms with E-state index in [1.54, 1.807) is 24.3 Å². The Labute approximate surface area is 244 Å². The number of rotatable bonds is 12. The molecular weight excluding hydrogens is 577 g/mol. The van der Waals surface area contributed by atoms with Crippen molar-refractivity contribution in [2.24, 2.45) is 0 Å². The standard InChI is InChI=1S/C28H31Cl2N3O6S/c1-31-28(35)24(15-19-8-6-5-7-9-19)32(17-20-10-12-22(29)23(30)14-20)27(34)18-33(40(4,36)37)21-11-13-25(38-2)26(16-21)39-3/h5-14,16,24H,15,17-18H2,1-4H3,(H,31,35)/t24-/m1/s1. The van der Waals surface area contributed by atoms with E-state index in [1.807, 2.05) is 30.3 Å². The minimum absolute atomic E-state index is 0.0236. The van der Waals surface area contributed by atoms with Crippen LogP contribution in [0.4, 0.5) is 5.69 Å². The molecule has 0 fully saturated rings. The van der Waals surface area contributed by atoms with Gasteiger partial charge in [0.25, 0.3) is 0 Å². The van der Waals surface area contributed by atoms with Crippen LogP contribution in [0.1, 0.15) is 11.1 Å². The number of carbonyl (C=O) groups is 2. The molecule has 12 heteroatoms. The number of amides is 2. The molecule has 1 atom stereocenters. The second-order valence-corrected chi connectivity index (χ2v) is 11.6. The number of carbonyl (C=O) groups excluding carboxylic acids is 2. The summed E-state index contributed by atoms with van der Waals surface area (Å²) in [5.74, 6) is -0.319. The summed E-state index contributed by atoms with van der Waals surface area (Å²) < 4.78 is 37.4. The van der Waals surface area contributed by atoms with Crippen LogP contribution in [0.25, 0.3) is 0 Å². The van der Waals surface area contributed by atoms with Gasteiger partial charge in [-0.2, -0.15) is 0 Å². The summed E-state index contributed by atoms with van der Waals surface area (Å²) in [4.78, 5) is 28.5. The van der Waals surface area contributed by atoms with Gasteiger partial charge in [-0.25, -0.2) is 8.42 Å². The fourth-order valence-corrected chi connectivity index (χ4v) is 5.31. The summed E-state index contributed by atoms with van der Waals surface area (Å²) in [6.07, 6.45) is 1.20. The molecular formula is C28H31Cl2N3O6S. The number of halogens is 2. The Balaban J connectivity index is 2.06. The molecule has 0 aliphatic heterocycles. The van der Waals surface area contributed by atoms with E-state index in [2.05, 4.69) is 5.32 Å². The molecule has 0 saturated heterocycles. The molecule has 1 N–H and O–H groups in total. The Hall–Kier alpha value is -3.47. The second-order valence-electron chi connectivity index (χ2n) is 8.90. The van der Waals surface area contributed by atoms with Crippen LogP contribution in [0.15, 0.2) is 66.7 Å². The van der Waals surface area contributed by atoms with E-state index >= 15 is 0 Å². The average molecular weight is 609 g/mol. The van der Waals surface area contributed by atoms with Crippen LogP contribution in [0, 0.1) is 0 Å². The monoisotopic (exact) mass is 607 g/mol. The van der Waals surface area contributed by atoms with Gasteiger partial charge in [-0.3, -0.25) is 13.9 Å². The van der Waals surface area contributed by atoms with Crippen LogP contribution in [0.3, 0.4) is 0 Å². The van der Waals surface area contributed by atoms with Crippen molar-refractivity contribution < 1.29 is 27.5 Å². The summed E-state index contributed by atoms with van der Waals surface area (Å²) in [5.41, 5.74) is 1.63. The van der Waals surface area contributed by atoms with Crippen LogP contribution < -0.4 is 19.1 Å². The van der Waals surface area contributed by atoms with E-state index in [4.69, 9.17) is 32.7 Å². The number of nitrogens with zero attached hydrogens (tertiary/aromatic N) is 2. The van der Waals surface area contributed by atoms with Crippen molar-refractivity contribution in [1.29, 1.82) is 0 Å². The molecule has 0 heterocycles. The largest absolute Gasteiger partial charge is 0.493 e. The SMILES string of the molecule is CNC(=O)[C@@H](Cc1ccccc1)N(Cc1ccc(Cl)c(Cl)c1)C(=O)CN(c1ccc(OC)c(OC)c1)S(C)(=O)=O. The predicted octanol–water partition coefficient (Wildman–Crippen LogP) is 4.16. The number of nitrogens with one attached hydrogen (secondary N) is 1. The topological polar surface area (TPSA) is 105 Å². The molecule has 214 valence electrons. The smallest absolute Gasteiger partial charge is 0.244 e. The van der Waals surface area contributed by atoms with Crippen molar-refractivity contribution in [3.8, 4) is 11.5 Å². The molecule has 0 radical (unpaired) electrons. The van der Waals surface area contributed by atoms with Gasteiger partial charge in [0.2, 0.25) is 21.8 Å². The van der Waals surface area contributed by atoms with Gasteiger partial charge in [-0.05, 0) is 35.4 Å². The molecule has 3 aromatic carbocycles. The lowest BCUT2D eigenvalue weighted by atomic mass is 10.0. The van der Waals surface area contributed by atoms with E-state index in [1.165, 1.54) is 38.3 Å². The molecule has 0 unspecified atom stereocenters. The first-order chi connectivity index (χ1) is 19.0. The summed E-state index contributed by atoms with van der Waals surface area (Å²) in [5, 5.41) is 3.25. The first kappa shape index (κ1) is 31.1. The van der Waals surface area contributed by atoms with Gasteiger partial charge in [-0.15, -0.1) is 0 Å². The second kappa shape index (κ2) is 13.7. The highest BCUT2D eigenvalue weighted by atomic mass is 35.5. The van der Waals surface area contributed by atoms with E-state index < -0.39 is 34.4 Å². The maximum atomic E-state index is 14.0. The third-order valence-corrected chi connectivity index (χ3v) is 8.07. The zero-order valence-corrected chi connectivity index (χ0v) is 24.9. The van der Waals surface area contributed by atoms with Crippen LogP contribution in [-0.2, 0) is 32.6 Å². The van der Waals surface area contributed by atoms with Crippen molar-refractivity contribution in [3.63, 3.8) is 0 Å². The van der Waals surface area contributed by atoms with E-state index in [0.29, 0.717) is 22.1 Å².